The van der Waals surface area contributed by atoms with Crippen LogP contribution in [0.1, 0.15) is 31.4 Å². The van der Waals surface area contributed by atoms with E-state index in [-0.39, 0.29) is 30.4 Å². The summed E-state index contributed by atoms with van der Waals surface area (Å²) in [5, 5.41) is 2.75. The number of carbonyl (C=O) groups excluding carboxylic acids is 1. The summed E-state index contributed by atoms with van der Waals surface area (Å²) in [6.07, 6.45) is 1.14. The standard InChI is InChI=1S/C26H35N3O5S/c1-20-7-4-9-22(17-20)28-12-14-29(15-13-28)35(31,32)16-6-11-27-24(30)19-33-23-10-5-8-21-18-26(2,3)34-25(21)23/h4-5,7-10,17H,6,11-16,18-19H2,1-3H3,(H,27,30). The van der Waals surface area contributed by atoms with Crippen molar-refractivity contribution in [2.24, 2.45) is 0 Å². The van der Waals surface area contributed by atoms with Crippen molar-refractivity contribution in [1.29, 1.82) is 0 Å². The third kappa shape index (κ3) is 6.46. The van der Waals surface area contributed by atoms with Gasteiger partial charge in [0.2, 0.25) is 10.0 Å². The molecule has 0 saturated carbocycles. The summed E-state index contributed by atoms with van der Waals surface area (Å²) < 4.78 is 38.7. The van der Waals surface area contributed by atoms with Crippen molar-refractivity contribution in [3.63, 3.8) is 0 Å². The molecule has 0 unspecified atom stereocenters. The van der Waals surface area contributed by atoms with E-state index in [0.717, 1.165) is 17.7 Å². The number of sulfonamides is 1. The third-order valence-electron chi connectivity index (χ3n) is 6.31. The van der Waals surface area contributed by atoms with E-state index in [1.807, 2.05) is 32.0 Å². The first-order valence-electron chi connectivity index (χ1n) is 12.1. The second kappa shape index (κ2) is 10.5. The van der Waals surface area contributed by atoms with Gasteiger partial charge in [0, 0.05) is 50.4 Å². The van der Waals surface area contributed by atoms with Crippen molar-refractivity contribution in [1.82, 2.24) is 9.62 Å². The number of ether oxygens (including phenoxy) is 2. The fraction of sp³-hybridized carbons (Fsp3) is 0.500. The molecule has 0 bridgehead atoms. The summed E-state index contributed by atoms with van der Waals surface area (Å²) in [6.45, 7) is 8.49. The first-order valence-corrected chi connectivity index (χ1v) is 13.7. The molecule has 2 heterocycles. The molecule has 1 N–H and O–H groups in total. The molecule has 1 saturated heterocycles. The normalized spacial score (nSPS) is 17.5. The average molecular weight is 502 g/mol. The van der Waals surface area contributed by atoms with Crippen LogP contribution in [0.15, 0.2) is 42.5 Å². The minimum Gasteiger partial charge on any atom is -0.483 e. The SMILES string of the molecule is Cc1cccc(N2CCN(S(=O)(=O)CCCNC(=O)COc3cccc4c3OC(C)(C)C4)CC2)c1. The lowest BCUT2D eigenvalue weighted by Crippen LogP contribution is -2.49. The van der Waals surface area contributed by atoms with Gasteiger partial charge in [-0.25, -0.2) is 8.42 Å². The largest absolute Gasteiger partial charge is 0.483 e. The van der Waals surface area contributed by atoms with E-state index in [1.54, 1.807) is 10.4 Å². The third-order valence-corrected chi connectivity index (χ3v) is 8.27. The van der Waals surface area contributed by atoms with E-state index >= 15 is 0 Å². The topological polar surface area (TPSA) is 88.2 Å². The van der Waals surface area contributed by atoms with Crippen LogP contribution < -0.4 is 19.7 Å². The number of para-hydroxylation sites is 1. The van der Waals surface area contributed by atoms with E-state index < -0.39 is 10.0 Å². The fourth-order valence-corrected chi connectivity index (χ4v) is 6.04. The molecule has 0 aromatic heterocycles. The van der Waals surface area contributed by atoms with Gasteiger partial charge >= 0.3 is 0 Å². The Balaban J connectivity index is 1.17. The van der Waals surface area contributed by atoms with Gasteiger partial charge in [0.25, 0.3) is 5.91 Å². The molecule has 2 aromatic rings. The number of nitrogens with one attached hydrogen (secondary N) is 1. The van der Waals surface area contributed by atoms with Gasteiger partial charge in [0.15, 0.2) is 18.1 Å². The molecule has 0 spiro atoms. The van der Waals surface area contributed by atoms with E-state index in [1.165, 1.54) is 5.56 Å². The van der Waals surface area contributed by atoms with Gasteiger partial charge in [0.1, 0.15) is 5.60 Å². The number of piperazine rings is 1. The second-order valence-electron chi connectivity index (χ2n) is 9.82. The molecule has 0 atom stereocenters. The number of hydrogen-bond donors (Lipinski definition) is 1. The van der Waals surface area contributed by atoms with Crippen molar-refractivity contribution in [3.05, 3.63) is 53.6 Å². The number of hydrogen-bond acceptors (Lipinski definition) is 6. The Morgan fingerprint density at radius 3 is 2.60 bits per heavy atom. The van der Waals surface area contributed by atoms with Crippen LogP contribution in [0.25, 0.3) is 0 Å². The maximum absolute atomic E-state index is 12.8. The van der Waals surface area contributed by atoms with Crippen molar-refractivity contribution in [2.75, 3.05) is 50.0 Å². The minimum absolute atomic E-state index is 0.00764. The number of rotatable bonds is 9. The molecule has 9 heteroatoms. The summed E-state index contributed by atoms with van der Waals surface area (Å²) in [5.74, 6) is 0.965. The average Bonchev–Trinajstić information content (AvgIpc) is 3.15. The Morgan fingerprint density at radius 1 is 1.11 bits per heavy atom. The molecule has 190 valence electrons. The summed E-state index contributed by atoms with van der Waals surface area (Å²) in [4.78, 5) is 14.4. The van der Waals surface area contributed by atoms with Crippen LogP contribution in [0.4, 0.5) is 5.69 Å². The molecule has 0 aliphatic carbocycles. The van der Waals surface area contributed by atoms with Crippen molar-refractivity contribution in [2.45, 2.75) is 39.2 Å². The Hall–Kier alpha value is -2.78. The van der Waals surface area contributed by atoms with Gasteiger partial charge < -0.3 is 19.7 Å². The number of carbonyl (C=O) groups is 1. The molecule has 4 rings (SSSR count). The maximum atomic E-state index is 12.8. The van der Waals surface area contributed by atoms with Crippen LogP contribution >= 0.6 is 0 Å². The van der Waals surface area contributed by atoms with Crippen LogP contribution in [0.2, 0.25) is 0 Å². The maximum Gasteiger partial charge on any atom is 0.257 e. The highest BCUT2D eigenvalue weighted by Crippen LogP contribution is 2.41. The van der Waals surface area contributed by atoms with Gasteiger partial charge in [-0.15, -0.1) is 0 Å². The van der Waals surface area contributed by atoms with Crippen LogP contribution in [-0.4, -0.2) is 69.3 Å². The monoisotopic (exact) mass is 501 g/mol. The molecule has 2 aliphatic heterocycles. The van der Waals surface area contributed by atoms with E-state index in [4.69, 9.17) is 9.47 Å². The van der Waals surface area contributed by atoms with Gasteiger partial charge in [-0.1, -0.05) is 24.3 Å². The molecule has 2 aliphatic rings. The zero-order valence-corrected chi connectivity index (χ0v) is 21.6. The number of nitrogens with zero attached hydrogens (tertiary/aromatic N) is 2. The lowest BCUT2D eigenvalue weighted by atomic mass is 10.0. The molecular weight excluding hydrogens is 466 g/mol. The fourth-order valence-electron chi connectivity index (χ4n) is 4.56. The number of anilines is 1. The Kier molecular flexibility index (Phi) is 7.56. The lowest BCUT2D eigenvalue weighted by molar-refractivity contribution is -0.123. The van der Waals surface area contributed by atoms with Crippen LogP contribution in [0, 0.1) is 6.92 Å². The Bertz CT molecular complexity index is 1160. The number of fused-ring (bicyclic) bond motifs is 1. The highest BCUT2D eigenvalue weighted by atomic mass is 32.2. The molecule has 1 fully saturated rings. The molecule has 0 radical (unpaired) electrons. The number of benzene rings is 2. The predicted octanol–water partition coefficient (Wildman–Crippen LogP) is 2.75. The van der Waals surface area contributed by atoms with Gasteiger partial charge in [-0.3, -0.25) is 4.79 Å². The van der Waals surface area contributed by atoms with E-state index in [9.17, 15) is 13.2 Å². The zero-order chi connectivity index (χ0) is 25.1. The van der Waals surface area contributed by atoms with Gasteiger partial charge in [-0.05, 0) is 51.0 Å². The molecule has 35 heavy (non-hydrogen) atoms. The van der Waals surface area contributed by atoms with E-state index in [0.29, 0.717) is 44.1 Å². The van der Waals surface area contributed by atoms with Crippen LogP contribution in [0.3, 0.4) is 0 Å². The molecule has 8 nitrogen and oxygen atoms in total. The first kappa shape index (κ1) is 25.3. The minimum atomic E-state index is -3.36. The van der Waals surface area contributed by atoms with E-state index in [2.05, 4.69) is 35.3 Å². The first-order chi connectivity index (χ1) is 16.6. The van der Waals surface area contributed by atoms with Gasteiger partial charge in [-0.2, -0.15) is 4.31 Å². The number of aryl methyl sites for hydroxylation is 1. The quantitative estimate of drug-likeness (QED) is 0.532. The Morgan fingerprint density at radius 2 is 1.86 bits per heavy atom. The molecule has 1 amide bonds. The molecular formula is C26H35N3O5S. The van der Waals surface area contributed by atoms with Crippen LogP contribution in [-0.2, 0) is 21.2 Å². The van der Waals surface area contributed by atoms with Crippen LogP contribution in [0.5, 0.6) is 11.5 Å². The van der Waals surface area contributed by atoms with Crippen molar-refractivity contribution < 1.29 is 22.7 Å². The predicted molar refractivity (Wildman–Crippen MR) is 137 cm³/mol. The highest BCUT2D eigenvalue weighted by molar-refractivity contribution is 7.89. The lowest BCUT2D eigenvalue weighted by Gasteiger charge is -2.35. The zero-order valence-electron chi connectivity index (χ0n) is 20.7. The van der Waals surface area contributed by atoms with Crippen molar-refractivity contribution >= 4 is 21.6 Å². The summed E-state index contributed by atoms with van der Waals surface area (Å²) in [6, 6.07) is 13.9. The summed E-state index contributed by atoms with van der Waals surface area (Å²) in [7, 11) is -3.36. The smallest absolute Gasteiger partial charge is 0.257 e. The van der Waals surface area contributed by atoms with Crippen molar-refractivity contribution in [3.8, 4) is 11.5 Å². The summed E-state index contributed by atoms with van der Waals surface area (Å²) in [5.41, 5.74) is 3.10. The highest BCUT2D eigenvalue weighted by Gasteiger charge is 2.32. The second-order valence-corrected chi connectivity index (χ2v) is 11.9. The Labute approximate surface area is 208 Å². The summed E-state index contributed by atoms with van der Waals surface area (Å²) >= 11 is 0. The van der Waals surface area contributed by atoms with Gasteiger partial charge in [0.05, 0.1) is 5.75 Å². The number of amides is 1. The molecule has 2 aromatic carbocycles.